The van der Waals surface area contributed by atoms with Crippen molar-refractivity contribution in [3.63, 3.8) is 0 Å². The summed E-state index contributed by atoms with van der Waals surface area (Å²) in [4.78, 5) is 24.5. The first-order valence-corrected chi connectivity index (χ1v) is 9.24. The van der Waals surface area contributed by atoms with E-state index in [1.165, 1.54) is 6.92 Å². The summed E-state index contributed by atoms with van der Waals surface area (Å²) in [5.74, 6) is -0.794. The largest absolute Gasteiger partial charge is 0.457 e. The van der Waals surface area contributed by atoms with Crippen molar-refractivity contribution < 1.29 is 19.1 Å². The zero-order chi connectivity index (χ0) is 20.5. The smallest absolute Gasteiger partial charge is 0.409 e. The highest BCUT2D eigenvalue weighted by molar-refractivity contribution is 5.85. The minimum Gasteiger partial charge on any atom is -0.457 e. The van der Waals surface area contributed by atoms with Crippen LogP contribution in [0.3, 0.4) is 0 Å². The Labute approximate surface area is 165 Å². The zero-order valence-electron chi connectivity index (χ0n) is 16.6. The Balaban J connectivity index is 1.67. The number of nitrogens with two attached hydrogens (primary N) is 1. The summed E-state index contributed by atoms with van der Waals surface area (Å²) in [6, 6.07) is 16.1. The van der Waals surface area contributed by atoms with Crippen molar-refractivity contribution in [3.05, 3.63) is 59.7 Å². The lowest BCUT2D eigenvalue weighted by atomic mass is 9.98. The lowest BCUT2D eigenvalue weighted by Gasteiger charge is -2.28. The molecule has 148 valence electrons. The molecule has 0 aliphatic heterocycles. The van der Waals surface area contributed by atoms with Crippen LogP contribution in [-0.4, -0.2) is 29.9 Å². The van der Waals surface area contributed by atoms with Crippen molar-refractivity contribution in [2.24, 2.45) is 5.73 Å². The average Bonchev–Trinajstić information content (AvgIpc) is 2.92. The van der Waals surface area contributed by atoms with Crippen LogP contribution in [0.1, 0.15) is 44.7 Å². The van der Waals surface area contributed by atoms with E-state index in [4.69, 9.17) is 15.2 Å². The van der Waals surface area contributed by atoms with Gasteiger partial charge in [0.1, 0.15) is 12.2 Å². The van der Waals surface area contributed by atoms with E-state index in [2.05, 4.69) is 17.4 Å². The standard InChI is InChI=1S/C22H26N2O4/c1-21(2,3)28-19(25)22(4,23)24-20(26)27-13-18-16-11-7-5-9-14(16)15-10-6-8-12-17(15)18/h5-12,18H,13,23H2,1-4H3,(H,24,26). The summed E-state index contributed by atoms with van der Waals surface area (Å²) in [5, 5.41) is 2.39. The van der Waals surface area contributed by atoms with Crippen molar-refractivity contribution in [3.8, 4) is 11.1 Å². The molecule has 2 aromatic rings. The van der Waals surface area contributed by atoms with Crippen LogP contribution in [0.25, 0.3) is 11.1 Å². The fourth-order valence-electron chi connectivity index (χ4n) is 3.28. The van der Waals surface area contributed by atoms with E-state index in [0.29, 0.717) is 0 Å². The fourth-order valence-corrected chi connectivity index (χ4v) is 3.28. The Morgan fingerprint density at radius 3 is 1.96 bits per heavy atom. The maximum absolute atomic E-state index is 12.3. The Hall–Kier alpha value is -2.86. The SMILES string of the molecule is CC(C)(C)OC(=O)C(C)(N)NC(=O)OCC1c2ccccc2-c2ccccc21. The summed E-state index contributed by atoms with van der Waals surface area (Å²) in [6.07, 6.45) is -0.766. The molecule has 0 fully saturated rings. The van der Waals surface area contributed by atoms with Gasteiger partial charge in [0.05, 0.1) is 0 Å². The second kappa shape index (κ2) is 7.28. The Morgan fingerprint density at radius 1 is 0.964 bits per heavy atom. The minimum absolute atomic E-state index is 0.0660. The summed E-state index contributed by atoms with van der Waals surface area (Å²) >= 11 is 0. The molecule has 28 heavy (non-hydrogen) atoms. The highest BCUT2D eigenvalue weighted by Crippen LogP contribution is 2.44. The van der Waals surface area contributed by atoms with Gasteiger partial charge in [-0.1, -0.05) is 48.5 Å². The summed E-state index contributed by atoms with van der Waals surface area (Å²) in [5.41, 5.74) is 8.03. The van der Waals surface area contributed by atoms with Gasteiger partial charge in [0.25, 0.3) is 0 Å². The van der Waals surface area contributed by atoms with Gasteiger partial charge >= 0.3 is 12.1 Å². The molecule has 0 radical (unpaired) electrons. The van der Waals surface area contributed by atoms with Gasteiger partial charge in [0, 0.05) is 5.92 Å². The van der Waals surface area contributed by atoms with E-state index in [0.717, 1.165) is 22.3 Å². The van der Waals surface area contributed by atoms with Crippen LogP contribution in [0.5, 0.6) is 0 Å². The molecule has 3 rings (SSSR count). The van der Waals surface area contributed by atoms with Crippen molar-refractivity contribution in [2.75, 3.05) is 6.61 Å². The van der Waals surface area contributed by atoms with Crippen LogP contribution < -0.4 is 11.1 Å². The van der Waals surface area contributed by atoms with Gasteiger partial charge in [-0.2, -0.15) is 0 Å². The second-order valence-corrected chi connectivity index (χ2v) is 8.15. The molecular formula is C22H26N2O4. The predicted molar refractivity (Wildman–Crippen MR) is 107 cm³/mol. The van der Waals surface area contributed by atoms with Gasteiger partial charge in [-0.3, -0.25) is 11.1 Å². The highest BCUT2D eigenvalue weighted by Gasteiger charge is 2.36. The molecule has 0 heterocycles. The molecule has 0 saturated heterocycles. The van der Waals surface area contributed by atoms with E-state index in [1.54, 1.807) is 20.8 Å². The van der Waals surface area contributed by atoms with Crippen LogP contribution >= 0.6 is 0 Å². The van der Waals surface area contributed by atoms with E-state index >= 15 is 0 Å². The van der Waals surface area contributed by atoms with Gasteiger partial charge < -0.3 is 9.47 Å². The molecule has 0 saturated carbocycles. The molecule has 3 N–H and O–H groups in total. The normalized spacial score (nSPS) is 15.2. The number of nitrogens with one attached hydrogen (secondary N) is 1. The number of benzene rings is 2. The zero-order valence-corrected chi connectivity index (χ0v) is 16.6. The number of amides is 1. The predicted octanol–water partition coefficient (Wildman–Crippen LogP) is 3.54. The van der Waals surface area contributed by atoms with E-state index in [1.807, 2.05) is 36.4 Å². The second-order valence-electron chi connectivity index (χ2n) is 8.15. The Bertz CT molecular complexity index is 854. The molecule has 0 spiro atoms. The minimum atomic E-state index is -1.68. The molecule has 1 unspecified atom stereocenters. The monoisotopic (exact) mass is 382 g/mol. The first-order valence-electron chi connectivity index (χ1n) is 9.24. The number of rotatable bonds is 4. The Morgan fingerprint density at radius 2 is 1.46 bits per heavy atom. The topological polar surface area (TPSA) is 90.6 Å². The molecule has 1 aliphatic rings. The lowest BCUT2D eigenvalue weighted by Crippen LogP contribution is -2.61. The number of hydrogen-bond acceptors (Lipinski definition) is 5. The number of fused-ring (bicyclic) bond motifs is 3. The molecule has 6 heteroatoms. The maximum Gasteiger partial charge on any atom is 0.409 e. The summed E-state index contributed by atoms with van der Waals surface area (Å²) in [6.45, 7) is 6.71. The van der Waals surface area contributed by atoms with E-state index in [9.17, 15) is 9.59 Å². The van der Waals surface area contributed by atoms with Crippen LogP contribution in [-0.2, 0) is 14.3 Å². The quantitative estimate of drug-likeness (QED) is 0.623. The van der Waals surface area contributed by atoms with Crippen LogP contribution in [0, 0.1) is 0 Å². The molecule has 0 bridgehead atoms. The number of carbonyl (C=O) groups excluding carboxylic acids is 2. The Kier molecular flexibility index (Phi) is 5.17. The third-order valence-corrected chi connectivity index (χ3v) is 4.53. The highest BCUT2D eigenvalue weighted by atomic mass is 16.6. The number of ether oxygens (including phenoxy) is 2. The number of alkyl carbamates (subject to hydrolysis) is 1. The summed E-state index contributed by atoms with van der Waals surface area (Å²) < 4.78 is 10.7. The number of hydrogen-bond donors (Lipinski definition) is 2. The first kappa shape index (κ1) is 19.9. The number of esters is 1. The van der Waals surface area contributed by atoms with Gasteiger partial charge in [0.15, 0.2) is 5.66 Å². The van der Waals surface area contributed by atoms with Crippen LogP contribution in [0.2, 0.25) is 0 Å². The van der Waals surface area contributed by atoms with Gasteiger partial charge in [0.2, 0.25) is 0 Å². The number of carbonyl (C=O) groups is 2. The van der Waals surface area contributed by atoms with Crippen molar-refractivity contribution in [2.45, 2.75) is 44.9 Å². The summed E-state index contributed by atoms with van der Waals surface area (Å²) in [7, 11) is 0. The van der Waals surface area contributed by atoms with Crippen molar-refractivity contribution in [1.82, 2.24) is 5.32 Å². The molecule has 0 aromatic heterocycles. The van der Waals surface area contributed by atoms with Gasteiger partial charge in [-0.05, 0) is 49.9 Å². The molecule has 1 aliphatic carbocycles. The molecular weight excluding hydrogens is 356 g/mol. The lowest BCUT2D eigenvalue weighted by molar-refractivity contribution is -0.162. The fraction of sp³-hybridized carbons (Fsp3) is 0.364. The van der Waals surface area contributed by atoms with Crippen molar-refractivity contribution >= 4 is 12.1 Å². The van der Waals surface area contributed by atoms with E-state index in [-0.39, 0.29) is 12.5 Å². The average molecular weight is 382 g/mol. The molecule has 1 atom stereocenters. The third kappa shape index (κ3) is 4.17. The third-order valence-electron chi connectivity index (χ3n) is 4.53. The molecule has 6 nitrogen and oxygen atoms in total. The van der Waals surface area contributed by atoms with Gasteiger partial charge in [-0.25, -0.2) is 9.59 Å². The van der Waals surface area contributed by atoms with Crippen molar-refractivity contribution in [1.29, 1.82) is 0 Å². The maximum atomic E-state index is 12.3. The van der Waals surface area contributed by atoms with Crippen LogP contribution in [0.15, 0.2) is 48.5 Å². The molecule has 1 amide bonds. The van der Waals surface area contributed by atoms with E-state index < -0.39 is 23.3 Å². The molecule has 2 aromatic carbocycles. The first-order chi connectivity index (χ1) is 13.1. The van der Waals surface area contributed by atoms with Gasteiger partial charge in [-0.15, -0.1) is 0 Å². The van der Waals surface area contributed by atoms with Crippen LogP contribution in [0.4, 0.5) is 4.79 Å².